The van der Waals surface area contributed by atoms with Gasteiger partial charge in [0.1, 0.15) is 5.69 Å². The van der Waals surface area contributed by atoms with Crippen molar-refractivity contribution in [3.63, 3.8) is 0 Å². The van der Waals surface area contributed by atoms with Gasteiger partial charge in [-0.25, -0.2) is 4.98 Å². The van der Waals surface area contributed by atoms with E-state index in [0.29, 0.717) is 11.7 Å². The summed E-state index contributed by atoms with van der Waals surface area (Å²) in [6.07, 6.45) is 0. The van der Waals surface area contributed by atoms with Crippen molar-refractivity contribution < 1.29 is 0 Å². The summed E-state index contributed by atoms with van der Waals surface area (Å²) in [5.41, 5.74) is 2.90. The highest BCUT2D eigenvalue weighted by Gasteiger charge is 2.23. The van der Waals surface area contributed by atoms with Gasteiger partial charge in [-0.2, -0.15) is 14.7 Å². The van der Waals surface area contributed by atoms with Gasteiger partial charge in [0.05, 0.1) is 15.6 Å². The predicted molar refractivity (Wildman–Crippen MR) is 105 cm³/mol. The maximum absolute atomic E-state index is 4.77. The summed E-state index contributed by atoms with van der Waals surface area (Å²) in [4.78, 5) is 6.56. The Labute approximate surface area is 159 Å². The first-order chi connectivity index (χ1) is 12.2. The summed E-state index contributed by atoms with van der Waals surface area (Å²) in [6, 6.07) is 2.02. The zero-order valence-corrected chi connectivity index (χ0v) is 17.3. The molecule has 0 saturated carbocycles. The quantitative estimate of drug-likeness (QED) is 0.562. The first-order valence-electron chi connectivity index (χ1n) is 8.50. The van der Waals surface area contributed by atoms with Crippen molar-refractivity contribution in [1.82, 2.24) is 35.0 Å². The highest BCUT2D eigenvalue weighted by atomic mass is 32.1. The van der Waals surface area contributed by atoms with Gasteiger partial charge in [-0.1, -0.05) is 46.0 Å². The Hall–Kier alpha value is -2.13. The van der Waals surface area contributed by atoms with E-state index in [9.17, 15) is 0 Å². The molecule has 4 heterocycles. The molecule has 0 bridgehead atoms. The first kappa shape index (κ1) is 17.3. The molecule has 0 spiro atoms. The fourth-order valence-electron chi connectivity index (χ4n) is 2.68. The Kier molecular flexibility index (Phi) is 3.96. The van der Waals surface area contributed by atoms with E-state index in [1.807, 2.05) is 13.0 Å². The zero-order chi connectivity index (χ0) is 18.6. The minimum atomic E-state index is -0.00534. The van der Waals surface area contributed by atoms with Crippen LogP contribution < -0.4 is 0 Å². The Bertz CT molecular complexity index is 1070. The molecular weight excluding hydrogens is 366 g/mol. The van der Waals surface area contributed by atoms with Gasteiger partial charge in [0.15, 0.2) is 5.01 Å². The van der Waals surface area contributed by atoms with E-state index in [1.165, 1.54) is 11.3 Å². The number of rotatable bonds is 3. The van der Waals surface area contributed by atoms with E-state index in [1.54, 1.807) is 15.9 Å². The molecule has 136 valence electrons. The Morgan fingerprint density at radius 3 is 2.58 bits per heavy atom. The molecule has 0 aromatic carbocycles. The maximum atomic E-state index is 4.77. The van der Waals surface area contributed by atoms with Crippen LogP contribution in [0, 0.1) is 6.92 Å². The lowest BCUT2D eigenvalue weighted by atomic mass is 9.92. The van der Waals surface area contributed by atoms with Crippen molar-refractivity contribution in [2.24, 2.45) is 0 Å². The van der Waals surface area contributed by atoms with Crippen LogP contribution in [0.1, 0.15) is 56.9 Å². The molecule has 0 aliphatic heterocycles. The molecule has 1 N–H and O–H groups in total. The lowest BCUT2D eigenvalue weighted by molar-refractivity contribution is 0.567. The largest absolute Gasteiger partial charge is 0.281 e. The number of hydrogen-bond donors (Lipinski definition) is 1. The molecule has 0 unspecified atom stereocenters. The second kappa shape index (κ2) is 5.95. The van der Waals surface area contributed by atoms with Gasteiger partial charge in [0, 0.05) is 11.1 Å². The van der Waals surface area contributed by atoms with E-state index in [4.69, 9.17) is 5.10 Å². The van der Waals surface area contributed by atoms with Gasteiger partial charge in [0.25, 0.3) is 0 Å². The Morgan fingerprint density at radius 2 is 1.92 bits per heavy atom. The van der Waals surface area contributed by atoms with Gasteiger partial charge in [-0.05, 0) is 18.9 Å². The summed E-state index contributed by atoms with van der Waals surface area (Å²) in [5, 5.41) is 22.8. The summed E-state index contributed by atoms with van der Waals surface area (Å²) in [7, 11) is 0. The lowest BCUT2D eigenvalue weighted by Gasteiger charge is -2.14. The zero-order valence-electron chi connectivity index (χ0n) is 15.7. The third-order valence-corrected chi connectivity index (χ3v) is 6.15. The summed E-state index contributed by atoms with van der Waals surface area (Å²) >= 11 is 3.21. The van der Waals surface area contributed by atoms with E-state index < -0.39 is 0 Å². The van der Waals surface area contributed by atoms with E-state index in [-0.39, 0.29) is 5.41 Å². The number of H-pyrrole nitrogens is 1. The molecule has 0 radical (unpaired) electrons. The van der Waals surface area contributed by atoms with Gasteiger partial charge in [0.2, 0.25) is 10.8 Å². The normalized spacial score (nSPS) is 12.6. The van der Waals surface area contributed by atoms with Crippen LogP contribution >= 0.6 is 22.7 Å². The fourth-order valence-corrected chi connectivity index (χ4v) is 4.67. The van der Waals surface area contributed by atoms with E-state index >= 15 is 0 Å². The second-order valence-electron chi connectivity index (χ2n) is 7.64. The molecule has 0 amide bonds. The Morgan fingerprint density at radius 1 is 1.15 bits per heavy atom. The first-order valence-corrected chi connectivity index (χ1v) is 10.1. The molecule has 26 heavy (non-hydrogen) atoms. The SMILES string of the molecule is Cc1nc(C(C)C)c(-c2nn3c(-c4cc(C(C)(C)C)[nH]n4)nnc3s2)s1. The third-order valence-electron chi connectivity index (χ3n) is 4.11. The van der Waals surface area contributed by atoms with Gasteiger partial charge in [-0.15, -0.1) is 21.5 Å². The van der Waals surface area contributed by atoms with Crippen molar-refractivity contribution in [2.75, 3.05) is 0 Å². The number of aromatic amines is 1. The van der Waals surface area contributed by atoms with Crippen LogP contribution in [0.4, 0.5) is 0 Å². The molecule has 0 aliphatic rings. The number of hydrogen-bond acceptors (Lipinski definition) is 7. The molecule has 0 saturated heterocycles. The van der Waals surface area contributed by atoms with Crippen LogP contribution in [-0.4, -0.2) is 35.0 Å². The minimum Gasteiger partial charge on any atom is -0.281 e. The smallest absolute Gasteiger partial charge is 0.235 e. The topological polar surface area (TPSA) is 84.7 Å². The lowest BCUT2D eigenvalue weighted by Crippen LogP contribution is -2.11. The molecule has 4 rings (SSSR count). The molecule has 7 nitrogen and oxygen atoms in total. The molecule has 9 heteroatoms. The van der Waals surface area contributed by atoms with Crippen molar-refractivity contribution in [2.45, 2.75) is 52.9 Å². The molecule has 4 aromatic heterocycles. The van der Waals surface area contributed by atoms with Crippen LogP contribution in [0.5, 0.6) is 0 Å². The fraction of sp³-hybridized carbons (Fsp3) is 0.471. The van der Waals surface area contributed by atoms with E-state index in [0.717, 1.165) is 36.9 Å². The summed E-state index contributed by atoms with van der Waals surface area (Å²) < 4.78 is 1.78. The van der Waals surface area contributed by atoms with Crippen molar-refractivity contribution in [3.05, 3.63) is 22.5 Å². The van der Waals surface area contributed by atoms with Gasteiger partial charge >= 0.3 is 0 Å². The highest BCUT2D eigenvalue weighted by molar-refractivity contribution is 7.24. The van der Waals surface area contributed by atoms with Gasteiger partial charge < -0.3 is 0 Å². The molecule has 4 aromatic rings. The highest BCUT2D eigenvalue weighted by Crippen LogP contribution is 2.37. The van der Waals surface area contributed by atoms with Crippen LogP contribution in [-0.2, 0) is 5.41 Å². The molecule has 0 fully saturated rings. The van der Waals surface area contributed by atoms with Crippen LogP contribution in [0.3, 0.4) is 0 Å². The average molecular weight is 388 g/mol. The minimum absolute atomic E-state index is 0.00534. The standard InChI is InChI=1S/C17H21N7S2/c1-8(2)12-13(25-9(3)18-12)15-23-24-14(21-22-16(24)26-15)10-7-11(20-19-10)17(4,5)6/h7-8H,1-6H3,(H,19,20). The monoisotopic (exact) mass is 387 g/mol. The van der Waals surface area contributed by atoms with Crippen molar-refractivity contribution >= 4 is 27.6 Å². The maximum Gasteiger partial charge on any atom is 0.235 e. The molecular formula is C17H21N7S2. The molecule has 0 atom stereocenters. The molecule has 0 aliphatic carbocycles. The van der Waals surface area contributed by atoms with E-state index in [2.05, 4.69) is 60.0 Å². The van der Waals surface area contributed by atoms with Crippen molar-refractivity contribution in [1.29, 1.82) is 0 Å². The van der Waals surface area contributed by atoms with Gasteiger partial charge in [-0.3, -0.25) is 5.10 Å². The number of fused-ring (bicyclic) bond motifs is 1. The number of aromatic nitrogens is 7. The number of aryl methyl sites for hydroxylation is 1. The summed E-state index contributed by atoms with van der Waals surface area (Å²) in [6.45, 7) is 12.8. The van der Waals surface area contributed by atoms with Crippen LogP contribution in [0.2, 0.25) is 0 Å². The number of nitrogens with one attached hydrogen (secondary N) is 1. The predicted octanol–water partition coefficient (Wildman–Crippen LogP) is 4.43. The second-order valence-corrected chi connectivity index (χ2v) is 9.80. The Balaban J connectivity index is 1.80. The summed E-state index contributed by atoms with van der Waals surface area (Å²) in [5.74, 6) is 1.01. The van der Waals surface area contributed by atoms with Crippen LogP contribution in [0.25, 0.3) is 26.4 Å². The van der Waals surface area contributed by atoms with Crippen LogP contribution in [0.15, 0.2) is 6.07 Å². The number of nitrogens with zero attached hydrogens (tertiary/aromatic N) is 6. The third kappa shape index (κ3) is 2.84. The number of thiazole rings is 1. The average Bonchev–Trinajstić information content (AvgIpc) is 3.27. The van der Waals surface area contributed by atoms with Crippen molar-refractivity contribution in [3.8, 4) is 21.4 Å².